The van der Waals surface area contributed by atoms with Crippen LogP contribution < -0.4 is 0 Å². The molecule has 2 rings (SSSR count). The lowest BCUT2D eigenvalue weighted by Gasteiger charge is -2.20. The van der Waals surface area contributed by atoms with Crippen LogP contribution in [0.5, 0.6) is 0 Å². The zero-order valence-corrected chi connectivity index (χ0v) is 17.6. The second kappa shape index (κ2) is 8.91. The van der Waals surface area contributed by atoms with Crippen molar-refractivity contribution in [3.63, 3.8) is 0 Å². The SMILES string of the molecule is CCN(Sc1ccc(CC(C)C)cc1)S(=O)(=O)c1ccc(C)c(C(=O)O)c1. The molecule has 0 amide bonds. The van der Waals surface area contributed by atoms with Crippen LogP contribution in [0.3, 0.4) is 0 Å². The van der Waals surface area contributed by atoms with Gasteiger partial charge in [0.1, 0.15) is 0 Å². The number of carboxylic acids is 1. The molecule has 146 valence electrons. The molecule has 0 spiro atoms. The Morgan fingerprint density at radius 2 is 1.78 bits per heavy atom. The monoisotopic (exact) mass is 407 g/mol. The lowest BCUT2D eigenvalue weighted by Crippen LogP contribution is -2.24. The zero-order chi connectivity index (χ0) is 20.2. The maximum Gasteiger partial charge on any atom is 0.335 e. The van der Waals surface area contributed by atoms with Crippen LogP contribution in [0.15, 0.2) is 52.3 Å². The predicted octanol–water partition coefficient (Wildman–Crippen LogP) is 4.61. The molecule has 0 heterocycles. The molecule has 0 aliphatic carbocycles. The van der Waals surface area contributed by atoms with E-state index in [4.69, 9.17) is 0 Å². The summed E-state index contributed by atoms with van der Waals surface area (Å²) in [5.41, 5.74) is 1.73. The van der Waals surface area contributed by atoms with Gasteiger partial charge in [-0.25, -0.2) is 13.2 Å². The normalized spacial score (nSPS) is 11.9. The third-order valence-corrected chi connectivity index (χ3v) is 7.44. The molecule has 0 atom stereocenters. The van der Waals surface area contributed by atoms with Crippen LogP contribution in [-0.4, -0.2) is 29.7 Å². The third kappa shape index (κ3) is 5.34. The number of aryl methyl sites for hydroxylation is 1. The molecule has 7 heteroatoms. The minimum Gasteiger partial charge on any atom is -0.478 e. The number of carboxylic acid groups (broad SMARTS) is 1. The molecule has 5 nitrogen and oxygen atoms in total. The molecule has 27 heavy (non-hydrogen) atoms. The number of rotatable bonds is 8. The van der Waals surface area contributed by atoms with E-state index in [1.54, 1.807) is 13.8 Å². The molecule has 0 saturated heterocycles. The van der Waals surface area contributed by atoms with Gasteiger partial charge in [0.2, 0.25) is 0 Å². The fourth-order valence-corrected chi connectivity index (χ4v) is 5.28. The highest BCUT2D eigenvalue weighted by Gasteiger charge is 2.26. The highest BCUT2D eigenvalue weighted by atomic mass is 32.3. The van der Waals surface area contributed by atoms with Crippen molar-refractivity contribution >= 4 is 27.9 Å². The van der Waals surface area contributed by atoms with E-state index in [1.807, 2.05) is 24.3 Å². The molecule has 0 aliphatic heterocycles. The standard InChI is InChI=1S/C20H25NO4S2/c1-5-21(26-17-9-7-16(8-10-17)12-14(2)3)27(24,25)18-11-6-15(4)19(13-18)20(22)23/h6-11,13-14H,5,12H2,1-4H3,(H,22,23). The van der Waals surface area contributed by atoms with E-state index in [0.717, 1.165) is 23.3 Å². The molecule has 0 radical (unpaired) electrons. The topological polar surface area (TPSA) is 74.7 Å². The zero-order valence-electron chi connectivity index (χ0n) is 16.0. The molecule has 0 aliphatic rings. The summed E-state index contributed by atoms with van der Waals surface area (Å²) in [6.07, 6.45) is 0.974. The van der Waals surface area contributed by atoms with Crippen LogP contribution in [0.1, 0.15) is 42.3 Å². The molecule has 0 unspecified atom stereocenters. The average Bonchev–Trinajstić information content (AvgIpc) is 2.60. The van der Waals surface area contributed by atoms with Gasteiger partial charge < -0.3 is 5.11 Å². The van der Waals surface area contributed by atoms with Crippen molar-refractivity contribution in [2.75, 3.05) is 6.54 Å². The van der Waals surface area contributed by atoms with E-state index in [2.05, 4.69) is 13.8 Å². The van der Waals surface area contributed by atoms with Gasteiger partial charge in [-0.1, -0.05) is 39.0 Å². The smallest absolute Gasteiger partial charge is 0.335 e. The Labute approximate surface area is 165 Å². The summed E-state index contributed by atoms with van der Waals surface area (Å²) in [4.78, 5) is 12.1. The molecule has 0 saturated carbocycles. The number of aromatic carboxylic acids is 1. The molecule has 0 bridgehead atoms. The molecule has 0 fully saturated rings. The van der Waals surface area contributed by atoms with Gasteiger partial charge in [-0.3, -0.25) is 0 Å². The van der Waals surface area contributed by atoms with Gasteiger partial charge in [0.25, 0.3) is 10.0 Å². The van der Waals surface area contributed by atoms with Gasteiger partial charge in [0, 0.05) is 11.4 Å². The summed E-state index contributed by atoms with van der Waals surface area (Å²) >= 11 is 1.13. The lowest BCUT2D eigenvalue weighted by molar-refractivity contribution is 0.0696. The Hall–Kier alpha value is -1.83. The van der Waals surface area contributed by atoms with Crippen molar-refractivity contribution in [3.8, 4) is 0 Å². The number of carbonyl (C=O) groups is 1. The fourth-order valence-electron chi connectivity index (χ4n) is 2.67. The van der Waals surface area contributed by atoms with Crippen molar-refractivity contribution in [1.29, 1.82) is 0 Å². The first-order valence-electron chi connectivity index (χ1n) is 8.78. The van der Waals surface area contributed by atoms with Crippen molar-refractivity contribution in [1.82, 2.24) is 3.71 Å². The lowest BCUT2D eigenvalue weighted by atomic mass is 10.0. The first kappa shape index (κ1) is 21.5. The molecule has 2 aromatic rings. The van der Waals surface area contributed by atoms with Gasteiger partial charge in [-0.15, -0.1) is 3.71 Å². The van der Waals surface area contributed by atoms with Gasteiger partial charge in [0.15, 0.2) is 0 Å². The van der Waals surface area contributed by atoms with Crippen LogP contribution in [0.25, 0.3) is 0 Å². The van der Waals surface area contributed by atoms with E-state index < -0.39 is 16.0 Å². The van der Waals surface area contributed by atoms with Crippen molar-refractivity contribution < 1.29 is 18.3 Å². The Morgan fingerprint density at radius 1 is 1.15 bits per heavy atom. The molecular formula is C20H25NO4S2. The van der Waals surface area contributed by atoms with E-state index in [1.165, 1.54) is 27.5 Å². The van der Waals surface area contributed by atoms with Crippen molar-refractivity contribution in [2.45, 2.75) is 43.9 Å². The third-order valence-electron chi connectivity index (χ3n) is 4.04. The number of hydrogen-bond acceptors (Lipinski definition) is 4. The van der Waals surface area contributed by atoms with E-state index in [0.29, 0.717) is 11.5 Å². The second-order valence-corrected chi connectivity index (χ2v) is 9.93. The Balaban J connectivity index is 2.28. The number of benzene rings is 2. The summed E-state index contributed by atoms with van der Waals surface area (Å²) in [7, 11) is -3.82. The van der Waals surface area contributed by atoms with Crippen LogP contribution in [0.2, 0.25) is 0 Å². The molecule has 1 N–H and O–H groups in total. The Kier molecular flexibility index (Phi) is 7.08. The van der Waals surface area contributed by atoms with E-state index in [-0.39, 0.29) is 17.0 Å². The maximum atomic E-state index is 13.0. The van der Waals surface area contributed by atoms with Gasteiger partial charge in [0.05, 0.1) is 10.5 Å². The second-order valence-electron chi connectivity index (χ2n) is 6.74. The molecular weight excluding hydrogens is 382 g/mol. The number of nitrogens with zero attached hydrogens (tertiary/aromatic N) is 1. The van der Waals surface area contributed by atoms with Crippen molar-refractivity contribution in [3.05, 3.63) is 59.2 Å². The summed E-state index contributed by atoms with van der Waals surface area (Å²) in [5, 5.41) is 9.26. The van der Waals surface area contributed by atoms with Crippen LogP contribution >= 0.6 is 11.9 Å². The molecule has 0 aromatic heterocycles. The van der Waals surface area contributed by atoms with Gasteiger partial charge in [-0.2, -0.15) is 0 Å². The minimum absolute atomic E-state index is 0.00448. The quantitative estimate of drug-likeness (QED) is 0.647. The van der Waals surface area contributed by atoms with Crippen LogP contribution in [0, 0.1) is 12.8 Å². The summed E-state index contributed by atoms with van der Waals surface area (Å²) in [5.74, 6) is -0.581. The van der Waals surface area contributed by atoms with Crippen LogP contribution in [-0.2, 0) is 16.4 Å². The highest BCUT2D eigenvalue weighted by molar-refractivity contribution is 8.08. The van der Waals surface area contributed by atoms with E-state index >= 15 is 0 Å². The summed E-state index contributed by atoms with van der Waals surface area (Å²) in [6, 6.07) is 12.1. The van der Waals surface area contributed by atoms with Crippen molar-refractivity contribution in [2.24, 2.45) is 5.92 Å². The molecule has 2 aromatic carbocycles. The highest BCUT2D eigenvalue weighted by Crippen LogP contribution is 2.30. The number of hydrogen-bond donors (Lipinski definition) is 1. The van der Waals surface area contributed by atoms with Crippen LogP contribution in [0.4, 0.5) is 0 Å². The fraction of sp³-hybridized carbons (Fsp3) is 0.350. The Bertz CT molecular complexity index is 906. The van der Waals surface area contributed by atoms with E-state index in [9.17, 15) is 18.3 Å². The summed E-state index contributed by atoms with van der Waals surface area (Å²) < 4.78 is 27.2. The first-order valence-corrected chi connectivity index (χ1v) is 11.0. The average molecular weight is 408 g/mol. The number of sulfonamides is 1. The largest absolute Gasteiger partial charge is 0.478 e. The Morgan fingerprint density at radius 3 is 2.30 bits per heavy atom. The van der Waals surface area contributed by atoms with Gasteiger partial charge in [-0.05, 0) is 66.6 Å². The minimum atomic E-state index is -3.82. The maximum absolute atomic E-state index is 13.0. The van der Waals surface area contributed by atoms with Gasteiger partial charge >= 0.3 is 5.97 Å². The predicted molar refractivity (Wildman–Crippen MR) is 109 cm³/mol. The first-order chi connectivity index (χ1) is 12.6. The summed E-state index contributed by atoms with van der Waals surface area (Å²) in [6.45, 7) is 7.97.